The highest BCUT2D eigenvalue weighted by atomic mass is 19.3. The largest absolute Gasteiger partial charge is 0.348 e. The van der Waals surface area contributed by atoms with E-state index in [2.05, 4.69) is 0 Å². The number of amides is 1. The number of hydrogen-bond acceptors (Lipinski definition) is 3. The number of carbonyl (C=O) groups excluding carboxylic acids is 1. The molecule has 1 saturated heterocycles. The fourth-order valence-corrected chi connectivity index (χ4v) is 2.55. The summed E-state index contributed by atoms with van der Waals surface area (Å²) in [6, 6.07) is -0.130. The van der Waals surface area contributed by atoms with Gasteiger partial charge in [0.25, 0.3) is 5.91 Å². The normalized spacial score (nSPS) is 24.5. The van der Waals surface area contributed by atoms with Gasteiger partial charge in [-0.3, -0.25) is 4.79 Å². The Morgan fingerprint density at radius 3 is 2.29 bits per heavy atom. The van der Waals surface area contributed by atoms with Crippen molar-refractivity contribution in [2.45, 2.75) is 43.9 Å². The Hall–Kier alpha value is -0.750. The predicted molar refractivity (Wildman–Crippen MR) is 55.7 cm³/mol. The third-order valence-electron chi connectivity index (χ3n) is 3.61. The van der Waals surface area contributed by atoms with Gasteiger partial charge in [0.05, 0.1) is 13.2 Å². The number of alkyl halides is 2. The lowest BCUT2D eigenvalue weighted by Gasteiger charge is -2.38. The summed E-state index contributed by atoms with van der Waals surface area (Å²) in [4.78, 5) is 12.3. The third-order valence-corrected chi connectivity index (χ3v) is 3.61. The first-order valence-electron chi connectivity index (χ1n) is 5.87. The van der Waals surface area contributed by atoms with Gasteiger partial charge in [-0.15, -0.1) is 0 Å². The first kappa shape index (κ1) is 12.7. The van der Waals surface area contributed by atoms with Crippen LogP contribution in [0.25, 0.3) is 0 Å². The smallest absolute Gasteiger partial charge is 0.315 e. The van der Waals surface area contributed by atoms with Gasteiger partial charge in [0.1, 0.15) is 0 Å². The van der Waals surface area contributed by atoms with Crippen LogP contribution in [-0.2, 0) is 14.3 Å². The maximum absolute atomic E-state index is 12.3. The van der Waals surface area contributed by atoms with Crippen molar-refractivity contribution >= 4 is 5.91 Å². The maximum atomic E-state index is 12.3. The molecule has 1 aliphatic heterocycles. The molecule has 1 heterocycles. The van der Waals surface area contributed by atoms with Gasteiger partial charge in [-0.1, -0.05) is 0 Å². The number of hydrogen-bond donors (Lipinski definition) is 0. The molecule has 0 radical (unpaired) electrons. The summed E-state index contributed by atoms with van der Waals surface area (Å²) in [5.41, 5.74) is 0. The second kappa shape index (κ2) is 4.86. The summed E-state index contributed by atoms with van der Waals surface area (Å²) in [5.74, 6) is -1.61. The molecule has 98 valence electrons. The molecule has 6 heteroatoms. The summed E-state index contributed by atoms with van der Waals surface area (Å²) in [5, 5.41) is 0. The average molecular weight is 249 g/mol. The van der Waals surface area contributed by atoms with Gasteiger partial charge in [-0.05, 0) is 12.8 Å². The molecule has 0 atom stereocenters. The molecular weight excluding hydrogens is 232 g/mol. The number of ether oxygens (including phenoxy) is 2. The van der Waals surface area contributed by atoms with Crippen molar-refractivity contribution in [3.05, 3.63) is 0 Å². The molecule has 2 rings (SSSR count). The summed E-state index contributed by atoms with van der Waals surface area (Å²) in [6.45, 7) is 1.19. The fourth-order valence-electron chi connectivity index (χ4n) is 2.55. The molecule has 0 bridgehead atoms. The van der Waals surface area contributed by atoms with Crippen molar-refractivity contribution in [2.75, 3.05) is 20.3 Å². The zero-order valence-electron chi connectivity index (χ0n) is 9.83. The van der Waals surface area contributed by atoms with E-state index in [1.165, 1.54) is 7.05 Å². The first-order valence-corrected chi connectivity index (χ1v) is 5.87. The minimum absolute atomic E-state index is 0.130. The zero-order valence-corrected chi connectivity index (χ0v) is 9.83. The van der Waals surface area contributed by atoms with E-state index in [4.69, 9.17) is 9.47 Å². The second-order valence-corrected chi connectivity index (χ2v) is 4.59. The summed E-state index contributed by atoms with van der Waals surface area (Å²) >= 11 is 0. The van der Waals surface area contributed by atoms with Gasteiger partial charge >= 0.3 is 6.43 Å². The molecular formula is C11H17F2NO3. The Morgan fingerprint density at radius 2 is 1.82 bits per heavy atom. The number of rotatable bonds is 2. The quantitative estimate of drug-likeness (QED) is 0.742. The van der Waals surface area contributed by atoms with Gasteiger partial charge in [0.2, 0.25) is 0 Å². The molecule has 0 unspecified atom stereocenters. The SMILES string of the molecule is CN(C(=O)C(F)F)C1CCC2(CC1)OCCO2. The Kier molecular flexibility index (Phi) is 3.63. The van der Waals surface area contributed by atoms with E-state index in [9.17, 15) is 13.6 Å². The minimum atomic E-state index is -2.92. The Morgan fingerprint density at radius 1 is 1.29 bits per heavy atom. The van der Waals surface area contributed by atoms with Crippen molar-refractivity contribution in [1.29, 1.82) is 0 Å². The monoisotopic (exact) mass is 249 g/mol. The van der Waals surface area contributed by atoms with Crippen LogP contribution in [0.4, 0.5) is 8.78 Å². The van der Waals surface area contributed by atoms with E-state index < -0.39 is 18.1 Å². The van der Waals surface area contributed by atoms with E-state index in [1.807, 2.05) is 0 Å². The van der Waals surface area contributed by atoms with Crippen LogP contribution >= 0.6 is 0 Å². The van der Waals surface area contributed by atoms with Crippen LogP contribution in [0, 0.1) is 0 Å². The van der Waals surface area contributed by atoms with Crippen LogP contribution in [0.2, 0.25) is 0 Å². The number of carbonyl (C=O) groups is 1. The zero-order chi connectivity index (χ0) is 12.5. The third kappa shape index (κ3) is 2.57. The van der Waals surface area contributed by atoms with Gasteiger partial charge in [-0.2, -0.15) is 8.78 Å². The van der Waals surface area contributed by atoms with Crippen LogP contribution < -0.4 is 0 Å². The first-order chi connectivity index (χ1) is 8.04. The number of halogens is 2. The van der Waals surface area contributed by atoms with Crippen molar-refractivity contribution in [3.8, 4) is 0 Å². The fraction of sp³-hybridized carbons (Fsp3) is 0.909. The van der Waals surface area contributed by atoms with Crippen LogP contribution in [0.15, 0.2) is 0 Å². The van der Waals surface area contributed by atoms with E-state index in [1.54, 1.807) is 0 Å². The molecule has 1 aliphatic carbocycles. The number of nitrogens with zero attached hydrogens (tertiary/aromatic N) is 1. The van der Waals surface area contributed by atoms with Gasteiger partial charge in [0, 0.05) is 25.9 Å². The lowest BCUT2D eigenvalue weighted by Crippen LogP contribution is -2.46. The molecule has 2 aliphatic rings. The topological polar surface area (TPSA) is 38.8 Å². The molecule has 0 aromatic rings. The highest BCUT2D eigenvalue weighted by Gasteiger charge is 2.42. The molecule has 2 fully saturated rings. The van der Waals surface area contributed by atoms with E-state index in [0.717, 1.165) is 4.90 Å². The maximum Gasteiger partial charge on any atom is 0.315 e. The molecule has 0 aromatic carbocycles. The van der Waals surface area contributed by atoms with Crippen LogP contribution in [-0.4, -0.2) is 49.3 Å². The van der Waals surface area contributed by atoms with Crippen molar-refractivity contribution < 1.29 is 23.0 Å². The molecule has 0 aromatic heterocycles. The standard InChI is InChI=1S/C11H17F2NO3/c1-14(10(15)9(12)13)8-2-4-11(5-3-8)16-6-7-17-11/h8-9H,2-7H2,1H3. The molecule has 17 heavy (non-hydrogen) atoms. The van der Waals surface area contributed by atoms with E-state index in [0.29, 0.717) is 38.9 Å². The molecule has 1 saturated carbocycles. The van der Waals surface area contributed by atoms with Crippen LogP contribution in [0.5, 0.6) is 0 Å². The molecule has 0 N–H and O–H groups in total. The molecule has 4 nitrogen and oxygen atoms in total. The van der Waals surface area contributed by atoms with Crippen molar-refractivity contribution in [3.63, 3.8) is 0 Å². The Balaban J connectivity index is 1.88. The van der Waals surface area contributed by atoms with Crippen LogP contribution in [0.1, 0.15) is 25.7 Å². The Labute approximate surface area is 98.9 Å². The van der Waals surface area contributed by atoms with Crippen LogP contribution in [0.3, 0.4) is 0 Å². The average Bonchev–Trinajstić information content (AvgIpc) is 2.76. The molecule has 1 spiro atoms. The molecule has 1 amide bonds. The lowest BCUT2D eigenvalue weighted by molar-refractivity contribution is -0.185. The van der Waals surface area contributed by atoms with Crippen molar-refractivity contribution in [2.24, 2.45) is 0 Å². The lowest BCUT2D eigenvalue weighted by atomic mass is 9.89. The van der Waals surface area contributed by atoms with E-state index >= 15 is 0 Å². The van der Waals surface area contributed by atoms with Gasteiger partial charge < -0.3 is 14.4 Å². The predicted octanol–water partition coefficient (Wildman–Crippen LogP) is 1.40. The summed E-state index contributed by atoms with van der Waals surface area (Å²) in [7, 11) is 1.44. The summed E-state index contributed by atoms with van der Waals surface area (Å²) < 4.78 is 35.7. The van der Waals surface area contributed by atoms with Gasteiger partial charge in [0.15, 0.2) is 5.79 Å². The minimum Gasteiger partial charge on any atom is -0.348 e. The van der Waals surface area contributed by atoms with E-state index in [-0.39, 0.29) is 6.04 Å². The highest BCUT2D eigenvalue weighted by molar-refractivity contribution is 5.79. The second-order valence-electron chi connectivity index (χ2n) is 4.59. The van der Waals surface area contributed by atoms with Crippen molar-refractivity contribution in [1.82, 2.24) is 4.90 Å². The highest BCUT2D eigenvalue weighted by Crippen LogP contribution is 2.37. The Bertz CT molecular complexity index is 282. The summed E-state index contributed by atoms with van der Waals surface area (Å²) in [6.07, 6.45) is -0.295. The van der Waals surface area contributed by atoms with Gasteiger partial charge in [-0.25, -0.2) is 0 Å².